The first-order valence-electron chi connectivity index (χ1n) is 9.12. The van der Waals surface area contributed by atoms with E-state index >= 15 is 0 Å². The van der Waals surface area contributed by atoms with Crippen LogP contribution in [0.1, 0.15) is 22.5 Å². The van der Waals surface area contributed by atoms with Gasteiger partial charge in [0, 0.05) is 18.5 Å². The van der Waals surface area contributed by atoms with Gasteiger partial charge >= 0.3 is 0 Å². The fourth-order valence-electron chi connectivity index (χ4n) is 2.71. The van der Waals surface area contributed by atoms with E-state index in [4.69, 9.17) is 0 Å². The van der Waals surface area contributed by atoms with Crippen LogP contribution in [-0.2, 0) is 23.3 Å². The number of nitrogens with zero attached hydrogens (tertiary/aromatic N) is 3. The molecule has 0 unspecified atom stereocenters. The minimum absolute atomic E-state index is 0.0720. The van der Waals surface area contributed by atoms with Crippen molar-refractivity contribution >= 4 is 35.1 Å². The van der Waals surface area contributed by atoms with Crippen LogP contribution >= 0.6 is 23.5 Å². The zero-order chi connectivity index (χ0) is 20.8. The third-order valence-corrected chi connectivity index (χ3v) is 6.35. The van der Waals surface area contributed by atoms with E-state index in [9.17, 15) is 9.18 Å². The lowest BCUT2D eigenvalue weighted by atomic mass is 10.1. The smallest absolute Gasteiger partial charge is 0.234 e. The number of aryl methyl sites for hydroxylation is 2. The van der Waals surface area contributed by atoms with Crippen LogP contribution in [-0.4, -0.2) is 26.4 Å². The molecule has 2 aromatic carbocycles. The Bertz CT molecular complexity index is 989. The maximum atomic E-state index is 13.0. The molecular formula is C21H23FN4OS2. The predicted octanol–water partition coefficient (Wildman–Crippen LogP) is 4.74. The normalized spacial score (nSPS) is 10.9. The van der Waals surface area contributed by atoms with E-state index < -0.39 is 0 Å². The predicted molar refractivity (Wildman–Crippen MR) is 118 cm³/mol. The molecule has 8 heteroatoms. The minimum Gasteiger partial charge on any atom is -0.325 e. The number of carbonyl (C=O) groups is 1. The summed E-state index contributed by atoms with van der Waals surface area (Å²) in [5.41, 5.74) is 4.11. The first kappa shape index (κ1) is 21.4. The highest BCUT2D eigenvalue weighted by Gasteiger charge is 2.12. The summed E-state index contributed by atoms with van der Waals surface area (Å²) < 4.78 is 14.9. The van der Waals surface area contributed by atoms with Gasteiger partial charge in [0.05, 0.1) is 11.5 Å². The zero-order valence-electron chi connectivity index (χ0n) is 16.6. The van der Waals surface area contributed by atoms with Gasteiger partial charge in [0.15, 0.2) is 5.16 Å². The number of halogens is 1. The summed E-state index contributed by atoms with van der Waals surface area (Å²) in [6.07, 6.45) is 0. The van der Waals surface area contributed by atoms with E-state index in [0.29, 0.717) is 10.9 Å². The van der Waals surface area contributed by atoms with Crippen molar-refractivity contribution in [2.75, 3.05) is 11.1 Å². The van der Waals surface area contributed by atoms with Gasteiger partial charge in [-0.05, 0) is 43.2 Å². The Morgan fingerprint density at radius 1 is 1.10 bits per heavy atom. The fourth-order valence-corrected chi connectivity index (χ4v) is 4.40. The Labute approximate surface area is 178 Å². The average molecular weight is 431 g/mol. The highest BCUT2D eigenvalue weighted by Crippen LogP contribution is 2.22. The number of anilines is 1. The molecule has 0 spiro atoms. The summed E-state index contributed by atoms with van der Waals surface area (Å²) in [6, 6.07) is 12.5. The summed E-state index contributed by atoms with van der Waals surface area (Å²) in [6.45, 7) is 4.01. The molecule has 0 aliphatic heterocycles. The Hall–Kier alpha value is -2.32. The van der Waals surface area contributed by atoms with Crippen LogP contribution in [0, 0.1) is 19.7 Å². The second-order valence-corrected chi connectivity index (χ2v) is 8.66. The molecule has 0 aliphatic rings. The van der Waals surface area contributed by atoms with E-state index in [1.54, 1.807) is 23.9 Å². The SMILES string of the molecule is Cc1ccc(NC(=O)CSc2nnc(CSCc3ccc(F)cc3)n2C)c(C)c1. The van der Waals surface area contributed by atoms with E-state index in [0.717, 1.165) is 28.4 Å². The maximum Gasteiger partial charge on any atom is 0.234 e. The van der Waals surface area contributed by atoms with Gasteiger partial charge in [-0.3, -0.25) is 4.79 Å². The lowest BCUT2D eigenvalue weighted by Crippen LogP contribution is -2.15. The average Bonchev–Trinajstić information content (AvgIpc) is 3.04. The van der Waals surface area contributed by atoms with E-state index in [1.807, 2.05) is 43.7 Å². The largest absolute Gasteiger partial charge is 0.325 e. The molecule has 1 amide bonds. The van der Waals surface area contributed by atoms with Crippen molar-refractivity contribution < 1.29 is 9.18 Å². The van der Waals surface area contributed by atoms with E-state index in [-0.39, 0.29) is 17.5 Å². The van der Waals surface area contributed by atoms with Gasteiger partial charge in [-0.25, -0.2) is 4.39 Å². The number of hydrogen-bond acceptors (Lipinski definition) is 5. The number of carbonyl (C=O) groups excluding carboxylic acids is 1. The van der Waals surface area contributed by atoms with Gasteiger partial charge in [0.2, 0.25) is 5.91 Å². The van der Waals surface area contributed by atoms with Crippen LogP contribution in [0.3, 0.4) is 0 Å². The van der Waals surface area contributed by atoms with Crippen molar-refractivity contribution in [3.63, 3.8) is 0 Å². The number of hydrogen-bond donors (Lipinski definition) is 1. The molecule has 29 heavy (non-hydrogen) atoms. The lowest BCUT2D eigenvalue weighted by Gasteiger charge is -2.09. The van der Waals surface area contributed by atoms with Crippen molar-refractivity contribution in [1.82, 2.24) is 14.8 Å². The van der Waals surface area contributed by atoms with Gasteiger partial charge in [-0.15, -0.1) is 22.0 Å². The number of benzene rings is 2. The fraction of sp³-hybridized carbons (Fsp3) is 0.286. The van der Waals surface area contributed by atoms with Gasteiger partial charge < -0.3 is 9.88 Å². The molecule has 3 rings (SSSR count). The molecule has 3 aromatic rings. The molecule has 0 bridgehead atoms. The van der Waals surface area contributed by atoms with Crippen molar-refractivity contribution in [3.05, 3.63) is 70.8 Å². The topological polar surface area (TPSA) is 59.8 Å². The van der Waals surface area contributed by atoms with Gasteiger partial charge in [0.25, 0.3) is 0 Å². The number of thioether (sulfide) groups is 2. The monoisotopic (exact) mass is 430 g/mol. The number of amides is 1. The van der Waals surface area contributed by atoms with Crippen LogP contribution in [0.4, 0.5) is 10.1 Å². The number of aromatic nitrogens is 3. The maximum absolute atomic E-state index is 13.0. The number of rotatable bonds is 8. The zero-order valence-corrected chi connectivity index (χ0v) is 18.2. The Morgan fingerprint density at radius 3 is 2.59 bits per heavy atom. The Morgan fingerprint density at radius 2 is 1.86 bits per heavy atom. The molecular weight excluding hydrogens is 407 g/mol. The van der Waals surface area contributed by atoms with Crippen LogP contribution in [0.15, 0.2) is 47.6 Å². The van der Waals surface area contributed by atoms with Crippen LogP contribution in [0.5, 0.6) is 0 Å². The highest BCUT2D eigenvalue weighted by atomic mass is 32.2. The second-order valence-electron chi connectivity index (χ2n) is 6.73. The molecule has 0 saturated carbocycles. The summed E-state index contributed by atoms with van der Waals surface area (Å²) in [4.78, 5) is 12.3. The summed E-state index contributed by atoms with van der Waals surface area (Å²) in [5, 5.41) is 12.1. The molecule has 1 N–H and O–H groups in total. The highest BCUT2D eigenvalue weighted by molar-refractivity contribution is 7.99. The minimum atomic E-state index is -0.227. The van der Waals surface area contributed by atoms with Crippen LogP contribution in [0.2, 0.25) is 0 Å². The molecule has 0 saturated heterocycles. The van der Waals surface area contributed by atoms with Crippen LogP contribution in [0.25, 0.3) is 0 Å². The van der Waals surface area contributed by atoms with E-state index in [2.05, 4.69) is 15.5 Å². The van der Waals surface area contributed by atoms with Crippen molar-refractivity contribution in [1.29, 1.82) is 0 Å². The third-order valence-electron chi connectivity index (χ3n) is 4.33. The van der Waals surface area contributed by atoms with Crippen molar-refractivity contribution in [2.45, 2.75) is 30.5 Å². The van der Waals surface area contributed by atoms with Gasteiger partial charge in [-0.1, -0.05) is 41.6 Å². The molecule has 0 aliphatic carbocycles. The molecule has 152 valence electrons. The summed E-state index contributed by atoms with van der Waals surface area (Å²) in [7, 11) is 1.90. The molecule has 5 nitrogen and oxygen atoms in total. The van der Waals surface area contributed by atoms with Crippen molar-refractivity contribution in [2.24, 2.45) is 7.05 Å². The first-order valence-corrected chi connectivity index (χ1v) is 11.3. The lowest BCUT2D eigenvalue weighted by molar-refractivity contribution is -0.113. The molecule has 1 aromatic heterocycles. The van der Waals surface area contributed by atoms with Gasteiger partial charge in [0.1, 0.15) is 11.6 Å². The number of nitrogens with one attached hydrogen (secondary N) is 1. The Balaban J connectivity index is 1.48. The third kappa shape index (κ3) is 6.08. The molecule has 0 radical (unpaired) electrons. The molecule has 1 heterocycles. The Kier molecular flexibility index (Phi) is 7.33. The van der Waals surface area contributed by atoms with Crippen molar-refractivity contribution in [3.8, 4) is 0 Å². The quantitative estimate of drug-likeness (QED) is 0.523. The summed E-state index contributed by atoms with van der Waals surface area (Å²) in [5.74, 6) is 2.27. The molecule has 0 atom stereocenters. The second kappa shape index (κ2) is 9.93. The van der Waals surface area contributed by atoms with E-state index in [1.165, 1.54) is 29.5 Å². The standard InChI is InChI=1S/C21H23FN4OS2/c1-14-4-9-18(15(2)10-14)23-20(27)13-29-21-25-24-19(26(21)3)12-28-11-16-5-7-17(22)8-6-16/h4-10H,11-13H2,1-3H3,(H,23,27). The van der Waals surface area contributed by atoms with Gasteiger partial charge in [-0.2, -0.15) is 0 Å². The molecule has 0 fully saturated rings. The summed E-state index contributed by atoms with van der Waals surface area (Å²) >= 11 is 3.05. The first-order chi connectivity index (χ1) is 13.9. The van der Waals surface area contributed by atoms with Crippen LogP contribution < -0.4 is 5.32 Å².